The molecule has 2 atom stereocenters. The van der Waals surface area contributed by atoms with Crippen molar-refractivity contribution in [3.05, 3.63) is 95.4 Å². The van der Waals surface area contributed by atoms with E-state index in [1.54, 1.807) is 4.68 Å². The van der Waals surface area contributed by atoms with Gasteiger partial charge in [0, 0.05) is 35.6 Å². The lowest BCUT2D eigenvalue weighted by atomic mass is 9.99. The Morgan fingerprint density at radius 3 is 2.73 bits per heavy atom. The molecule has 5 rings (SSSR count). The maximum atomic E-state index is 6.39. The first-order valence-corrected chi connectivity index (χ1v) is 11.5. The number of fused-ring (bicyclic) bond motifs is 1. The minimum Gasteiger partial charge on any atom is -0.469 e. The van der Waals surface area contributed by atoms with Crippen LogP contribution in [0.15, 0.2) is 79.3 Å². The van der Waals surface area contributed by atoms with Crippen LogP contribution >= 0.6 is 11.6 Å². The largest absolute Gasteiger partial charge is 0.469 e. The Morgan fingerprint density at radius 1 is 1.12 bits per heavy atom. The first-order chi connectivity index (χ1) is 16.2. The normalized spacial score (nSPS) is 15.9. The SMILES string of the molecule is Cn1cc(-c2cnc3c(c2)NC[C@@H]([C@H](NCCc2ccccc2Cl)c2ccccc2)O3)cn1. The fourth-order valence-corrected chi connectivity index (χ4v) is 4.40. The zero-order valence-electron chi connectivity index (χ0n) is 18.4. The molecule has 6 nitrogen and oxygen atoms in total. The first-order valence-electron chi connectivity index (χ1n) is 11.1. The Bertz CT molecular complexity index is 1230. The van der Waals surface area contributed by atoms with Crippen molar-refractivity contribution < 1.29 is 4.74 Å². The summed E-state index contributed by atoms with van der Waals surface area (Å²) >= 11 is 6.34. The molecule has 0 radical (unpaired) electrons. The van der Waals surface area contributed by atoms with E-state index in [1.807, 2.05) is 49.9 Å². The van der Waals surface area contributed by atoms with Crippen molar-refractivity contribution in [1.82, 2.24) is 20.1 Å². The average molecular weight is 460 g/mol. The number of halogens is 1. The zero-order chi connectivity index (χ0) is 22.6. The summed E-state index contributed by atoms with van der Waals surface area (Å²) in [6.07, 6.45) is 6.38. The van der Waals surface area contributed by atoms with E-state index in [0.717, 1.165) is 40.4 Å². The van der Waals surface area contributed by atoms with Crippen LogP contribution in [0.25, 0.3) is 11.1 Å². The van der Waals surface area contributed by atoms with Gasteiger partial charge in [-0.15, -0.1) is 0 Å². The highest BCUT2D eigenvalue weighted by molar-refractivity contribution is 6.31. The van der Waals surface area contributed by atoms with Gasteiger partial charge >= 0.3 is 0 Å². The Balaban J connectivity index is 1.33. The quantitative estimate of drug-likeness (QED) is 0.412. The van der Waals surface area contributed by atoms with Crippen molar-refractivity contribution >= 4 is 17.3 Å². The molecule has 0 fully saturated rings. The van der Waals surface area contributed by atoms with Crippen LogP contribution in [-0.4, -0.2) is 34.0 Å². The molecule has 2 aromatic carbocycles. The van der Waals surface area contributed by atoms with Crippen molar-refractivity contribution in [3.63, 3.8) is 0 Å². The van der Waals surface area contributed by atoms with Crippen LogP contribution in [0.2, 0.25) is 5.02 Å². The molecule has 2 N–H and O–H groups in total. The van der Waals surface area contributed by atoms with E-state index < -0.39 is 0 Å². The average Bonchev–Trinajstić information content (AvgIpc) is 3.29. The van der Waals surface area contributed by atoms with Gasteiger partial charge in [0.05, 0.1) is 24.5 Å². The lowest BCUT2D eigenvalue weighted by Gasteiger charge is -2.33. The molecule has 0 unspecified atom stereocenters. The predicted octanol–water partition coefficient (Wildman–Crippen LogP) is 4.88. The number of aromatic nitrogens is 3. The maximum Gasteiger partial charge on any atom is 0.237 e. The predicted molar refractivity (Wildman–Crippen MR) is 132 cm³/mol. The number of pyridine rings is 1. The number of hydrogen-bond acceptors (Lipinski definition) is 5. The Labute approximate surface area is 198 Å². The molecule has 1 aliphatic rings. The standard InChI is InChI=1S/C26H26ClN5O/c1-32-17-21(15-31-32)20-13-23-26(30-14-20)33-24(16-29-23)25(19-8-3-2-4-9-19)28-12-11-18-7-5-6-10-22(18)27/h2-10,13-15,17,24-25,28-29H,11-12,16H2,1H3/t24-,25+/m0/s1. The van der Waals surface area contributed by atoms with Crippen LogP contribution in [-0.2, 0) is 13.5 Å². The van der Waals surface area contributed by atoms with Gasteiger partial charge in [-0.1, -0.05) is 60.1 Å². The van der Waals surface area contributed by atoms with E-state index in [-0.39, 0.29) is 12.1 Å². The van der Waals surface area contributed by atoms with Crippen LogP contribution in [0.4, 0.5) is 5.69 Å². The number of ether oxygens (including phenoxy) is 1. The van der Waals surface area contributed by atoms with Crippen molar-refractivity contribution in [2.75, 3.05) is 18.4 Å². The molecule has 0 amide bonds. The molecule has 0 saturated carbocycles. The van der Waals surface area contributed by atoms with Gasteiger partial charge in [-0.3, -0.25) is 4.68 Å². The Kier molecular flexibility index (Phi) is 6.28. The van der Waals surface area contributed by atoms with Crippen molar-refractivity contribution in [1.29, 1.82) is 0 Å². The molecular formula is C26H26ClN5O. The van der Waals surface area contributed by atoms with Gasteiger partial charge in [-0.25, -0.2) is 4.98 Å². The van der Waals surface area contributed by atoms with Crippen LogP contribution in [0, 0.1) is 0 Å². The number of rotatable bonds is 7. The van der Waals surface area contributed by atoms with E-state index in [1.165, 1.54) is 5.56 Å². The van der Waals surface area contributed by atoms with Crippen LogP contribution in [0.5, 0.6) is 5.88 Å². The number of benzene rings is 2. The summed E-state index contributed by atoms with van der Waals surface area (Å²) in [6.45, 7) is 1.45. The number of anilines is 1. The molecule has 1 aliphatic heterocycles. The highest BCUT2D eigenvalue weighted by Gasteiger charge is 2.29. The van der Waals surface area contributed by atoms with Crippen molar-refractivity contribution in [2.45, 2.75) is 18.6 Å². The van der Waals surface area contributed by atoms with Gasteiger partial charge in [-0.2, -0.15) is 5.10 Å². The molecule has 4 aromatic rings. The lowest BCUT2D eigenvalue weighted by Crippen LogP contribution is -2.43. The van der Waals surface area contributed by atoms with Crippen LogP contribution < -0.4 is 15.4 Å². The molecule has 0 spiro atoms. The second-order valence-corrected chi connectivity index (χ2v) is 8.61. The fraction of sp³-hybridized carbons (Fsp3) is 0.231. The lowest BCUT2D eigenvalue weighted by molar-refractivity contribution is 0.150. The Hall–Kier alpha value is -3.35. The minimum atomic E-state index is -0.108. The van der Waals surface area contributed by atoms with E-state index in [9.17, 15) is 0 Å². The van der Waals surface area contributed by atoms with E-state index >= 15 is 0 Å². The topological polar surface area (TPSA) is 64.0 Å². The smallest absolute Gasteiger partial charge is 0.237 e. The summed E-state index contributed by atoms with van der Waals surface area (Å²) in [5.74, 6) is 0.618. The zero-order valence-corrected chi connectivity index (χ0v) is 19.2. The number of nitrogens with one attached hydrogen (secondary N) is 2. The van der Waals surface area contributed by atoms with Gasteiger partial charge < -0.3 is 15.4 Å². The first kappa shape index (κ1) is 21.5. The summed E-state index contributed by atoms with van der Waals surface area (Å²) in [4.78, 5) is 4.60. The highest BCUT2D eigenvalue weighted by Crippen LogP contribution is 2.34. The molecule has 168 valence electrons. The number of aryl methyl sites for hydroxylation is 1. The van der Waals surface area contributed by atoms with Crippen molar-refractivity contribution in [3.8, 4) is 17.0 Å². The third-order valence-corrected chi connectivity index (χ3v) is 6.26. The van der Waals surface area contributed by atoms with Crippen LogP contribution in [0.3, 0.4) is 0 Å². The molecule has 33 heavy (non-hydrogen) atoms. The van der Waals surface area contributed by atoms with Crippen LogP contribution in [0.1, 0.15) is 17.2 Å². The third-order valence-electron chi connectivity index (χ3n) is 5.89. The summed E-state index contributed by atoms with van der Waals surface area (Å²) < 4.78 is 8.17. The monoisotopic (exact) mass is 459 g/mol. The van der Waals surface area contributed by atoms with Gasteiger partial charge in [0.1, 0.15) is 6.10 Å². The van der Waals surface area contributed by atoms with E-state index in [2.05, 4.69) is 57.1 Å². The maximum absolute atomic E-state index is 6.39. The van der Waals surface area contributed by atoms with E-state index in [0.29, 0.717) is 12.4 Å². The van der Waals surface area contributed by atoms with Gasteiger partial charge in [-0.05, 0) is 36.2 Å². The number of hydrogen-bond donors (Lipinski definition) is 2. The molecule has 3 heterocycles. The third kappa shape index (κ3) is 4.87. The second kappa shape index (κ2) is 9.65. The summed E-state index contributed by atoms with van der Waals surface area (Å²) in [7, 11) is 1.91. The van der Waals surface area contributed by atoms with Crippen molar-refractivity contribution in [2.24, 2.45) is 7.05 Å². The number of nitrogens with zero attached hydrogens (tertiary/aromatic N) is 3. The highest BCUT2D eigenvalue weighted by atomic mass is 35.5. The minimum absolute atomic E-state index is 0.00846. The van der Waals surface area contributed by atoms with E-state index in [4.69, 9.17) is 16.3 Å². The van der Waals surface area contributed by atoms with Gasteiger partial charge in [0.2, 0.25) is 5.88 Å². The molecule has 0 bridgehead atoms. The summed E-state index contributed by atoms with van der Waals surface area (Å²) in [5, 5.41) is 12.3. The molecular weight excluding hydrogens is 434 g/mol. The molecule has 0 aliphatic carbocycles. The second-order valence-electron chi connectivity index (χ2n) is 8.20. The fourth-order valence-electron chi connectivity index (χ4n) is 4.17. The molecule has 2 aromatic heterocycles. The molecule has 0 saturated heterocycles. The van der Waals surface area contributed by atoms with Gasteiger partial charge in [0.25, 0.3) is 0 Å². The summed E-state index contributed by atoms with van der Waals surface area (Å²) in [6, 6.07) is 20.5. The van der Waals surface area contributed by atoms with Gasteiger partial charge in [0.15, 0.2) is 0 Å². The Morgan fingerprint density at radius 2 is 1.94 bits per heavy atom. The molecule has 7 heteroatoms. The summed E-state index contributed by atoms with van der Waals surface area (Å²) in [5.41, 5.74) is 5.25.